The van der Waals surface area contributed by atoms with Crippen LogP contribution in [0.3, 0.4) is 0 Å². The summed E-state index contributed by atoms with van der Waals surface area (Å²) in [5.74, 6) is 0. The van der Waals surface area contributed by atoms with Crippen molar-refractivity contribution in [3.8, 4) is 0 Å². The maximum atomic E-state index is 9.95. The van der Waals surface area contributed by atoms with Crippen molar-refractivity contribution in [1.82, 2.24) is 0 Å². The molecule has 17 heavy (non-hydrogen) atoms. The Kier molecular flexibility index (Phi) is 6.37. The van der Waals surface area contributed by atoms with Gasteiger partial charge in [0.1, 0.15) is 0 Å². The van der Waals surface area contributed by atoms with Crippen molar-refractivity contribution in [2.24, 2.45) is 11.1 Å². The van der Waals surface area contributed by atoms with Crippen LogP contribution in [0.5, 0.6) is 0 Å². The van der Waals surface area contributed by atoms with E-state index in [1.165, 1.54) is 0 Å². The molecule has 1 fully saturated rings. The van der Waals surface area contributed by atoms with Crippen LogP contribution in [0.15, 0.2) is 0 Å². The minimum absolute atomic E-state index is 0.00306. The van der Waals surface area contributed by atoms with Crippen molar-refractivity contribution in [1.29, 1.82) is 0 Å². The molecule has 0 aromatic carbocycles. The third-order valence-corrected chi connectivity index (χ3v) is 3.26. The van der Waals surface area contributed by atoms with Crippen LogP contribution in [0.25, 0.3) is 0 Å². The molecule has 5 heteroatoms. The van der Waals surface area contributed by atoms with Crippen molar-refractivity contribution >= 4 is 0 Å². The van der Waals surface area contributed by atoms with Gasteiger partial charge in [0.25, 0.3) is 0 Å². The van der Waals surface area contributed by atoms with Crippen LogP contribution in [0, 0.1) is 5.41 Å². The van der Waals surface area contributed by atoms with Gasteiger partial charge in [-0.25, -0.2) is 0 Å². The minimum Gasteiger partial charge on any atom is -0.391 e. The fourth-order valence-electron chi connectivity index (χ4n) is 2.17. The topological polar surface area (TPSA) is 73.9 Å². The summed E-state index contributed by atoms with van der Waals surface area (Å²) in [6.45, 7) is 4.73. The number of methoxy groups -OCH3 is 1. The van der Waals surface area contributed by atoms with Crippen LogP contribution < -0.4 is 5.73 Å². The molecule has 3 atom stereocenters. The highest BCUT2D eigenvalue weighted by atomic mass is 16.5. The number of rotatable bonds is 8. The van der Waals surface area contributed by atoms with Gasteiger partial charge in [0, 0.05) is 25.7 Å². The second-order valence-corrected chi connectivity index (χ2v) is 4.96. The van der Waals surface area contributed by atoms with Crippen molar-refractivity contribution in [2.75, 3.05) is 40.1 Å². The highest BCUT2D eigenvalue weighted by Gasteiger charge is 2.35. The zero-order chi connectivity index (χ0) is 12.7. The standard InChI is InChI=1S/C12H25NO4/c1-10(6-15-2)17-7-11(14)5-12(8-13)3-4-16-9-12/h10-11,14H,3-9,13H2,1-2H3. The lowest BCUT2D eigenvalue weighted by Gasteiger charge is -2.28. The summed E-state index contributed by atoms with van der Waals surface area (Å²) in [5, 5.41) is 9.95. The highest BCUT2D eigenvalue weighted by molar-refractivity contribution is 4.86. The molecule has 1 saturated heterocycles. The van der Waals surface area contributed by atoms with Gasteiger partial charge in [0.15, 0.2) is 0 Å². The van der Waals surface area contributed by atoms with Crippen LogP contribution in [0.4, 0.5) is 0 Å². The lowest BCUT2D eigenvalue weighted by molar-refractivity contribution is -0.0443. The summed E-state index contributed by atoms with van der Waals surface area (Å²) >= 11 is 0. The Morgan fingerprint density at radius 3 is 2.76 bits per heavy atom. The number of hydrogen-bond donors (Lipinski definition) is 2. The van der Waals surface area contributed by atoms with Gasteiger partial charge in [0.05, 0.1) is 32.0 Å². The molecule has 0 saturated carbocycles. The second-order valence-electron chi connectivity index (χ2n) is 4.96. The molecule has 1 aliphatic heterocycles. The van der Waals surface area contributed by atoms with Crippen LogP contribution in [0.2, 0.25) is 0 Å². The Morgan fingerprint density at radius 2 is 2.24 bits per heavy atom. The maximum absolute atomic E-state index is 9.95. The van der Waals surface area contributed by atoms with E-state index in [1.807, 2.05) is 6.92 Å². The van der Waals surface area contributed by atoms with E-state index in [4.69, 9.17) is 19.9 Å². The lowest BCUT2D eigenvalue weighted by atomic mass is 9.82. The first-order valence-electron chi connectivity index (χ1n) is 6.18. The summed E-state index contributed by atoms with van der Waals surface area (Å²) < 4.78 is 15.8. The third-order valence-electron chi connectivity index (χ3n) is 3.26. The molecule has 0 amide bonds. The van der Waals surface area contributed by atoms with Gasteiger partial charge in [-0.05, 0) is 19.8 Å². The van der Waals surface area contributed by atoms with Crippen LogP contribution in [-0.2, 0) is 14.2 Å². The Hall–Kier alpha value is -0.200. The van der Waals surface area contributed by atoms with E-state index in [-0.39, 0.29) is 11.5 Å². The summed E-state index contributed by atoms with van der Waals surface area (Å²) in [6.07, 6.45) is 1.08. The normalized spacial score (nSPS) is 28.2. The molecule has 0 radical (unpaired) electrons. The molecule has 1 heterocycles. The largest absolute Gasteiger partial charge is 0.391 e. The Bertz CT molecular complexity index is 207. The van der Waals surface area contributed by atoms with E-state index in [9.17, 15) is 5.11 Å². The fraction of sp³-hybridized carbons (Fsp3) is 1.00. The van der Waals surface area contributed by atoms with Gasteiger partial charge < -0.3 is 25.1 Å². The van der Waals surface area contributed by atoms with Crippen molar-refractivity contribution in [3.63, 3.8) is 0 Å². The third kappa shape index (κ3) is 4.89. The van der Waals surface area contributed by atoms with E-state index < -0.39 is 6.10 Å². The molecule has 3 N–H and O–H groups in total. The molecule has 3 unspecified atom stereocenters. The Balaban J connectivity index is 2.25. The first-order chi connectivity index (χ1) is 8.12. The van der Waals surface area contributed by atoms with Crippen molar-refractivity contribution < 1.29 is 19.3 Å². The molecule has 0 aromatic rings. The number of aliphatic hydroxyl groups is 1. The van der Waals surface area contributed by atoms with Gasteiger partial charge in [-0.15, -0.1) is 0 Å². The van der Waals surface area contributed by atoms with Gasteiger partial charge in [-0.1, -0.05) is 0 Å². The van der Waals surface area contributed by atoms with E-state index in [0.717, 1.165) is 13.0 Å². The summed E-state index contributed by atoms with van der Waals surface area (Å²) in [7, 11) is 1.63. The zero-order valence-electron chi connectivity index (χ0n) is 10.9. The summed E-state index contributed by atoms with van der Waals surface area (Å²) in [4.78, 5) is 0. The predicted octanol–water partition coefficient (Wildman–Crippen LogP) is 0.154. The SMILES string of the molecule is COCC(C)OCC(O)CC1(CN)CCOC1. The molecular formula is C12H25NO4. The molecule has 0 aliphatic carbocycles. The molecule has 1 aliphatic rings. The van der Waals surface area contributed by atoms with Crippen LogP contribution in [0.1, 0.15) is 19.8 Å². The van der Waals surface area contributed by atoms with Crippen LogP contribution in [-0.4, -0.2) is 57.4 Å². The molecule has 0 spiro atoms. The van der Waals surface area contributed by atoms with Crippen LogP contribution >= 0.6 is 0 Å². The summed E-state index contributed by atoms with van der Waals surface area (Å²) in [5.41, 5.74) is 5.71. The average Bonchev–Trinajstić information content (AvgIpc) is 2.76. The van der Waals surface area contributed by atoms with E-state index in [2.05, 4.69) is 0 Å². The molecule has 0 bridgehead atoms. The number of ether oxygens (including phenoxy) is 3. The predicted molar refractivity (Wildman–Crippen MR) is 64.8 cm³/mol. The quantitative estimate of drug-likeness (QED) is 0.639. The van der Waals surface area contributed by atoms with Crippen molar-refractivity contribution in [2.45, 2.75) is 32.0 Å². The van der Waals surface area contributed by atoms with E-state index >= 15 is 0 Å². The van der Waals surface area contributed by atoms with Gasteiger partial charge in [-0.2, -0.15) is 0 Å². The number of hydrogen-bond acceptors (Lipinski definition) is 5. The monoisotopic (exact) mass is 247 g/mol. The molecular weight excluding hydrogens is 222 g/mol. The van der Waals surface area contributed by atoms with E-state index in [0.29, 0.717) is 32.8 Å². The first kappa shape index (κ1) is 14.9. The van der Waals surface area contributed by atoms with E-state index in [1.54, 1.807) is 7.11 Å². The molecule has 0 aromatic heterocycles. The minimum atomic E-state index is -0.487. The smallest absolute Gasteiger partial charge is 0.0781 e. The van der Waals surface area contributed by atoms with Gasteiger partial charge >= 0.3 is 0 Å². The van der Waals surface area contributed by atoms with Gasteiger partial charge in [0.2, 0.25) is 0 Å². The molecule has 5 nitrogen and oxygen atoms in total. The molecule has 102 valence electrons. The highest BCUT2D eigenvalue weighted by Crippen LogP contribution is 2.32. The van der Waals surface area contributed by atoms with Gasteiger partial charge in [-0.3, -0.25) is 0 Å². The lowest BCUT2D eigenvalue weighted by Crippen LogP contribution is -2.36. The second kappa shape index (κ2) is 7.28. The maximum Gasteiger partial charge on any atom is 0.0781 e. The zero-order valence-corrected chi connectivity index (χ0v) is 10.9. The Morgan fingerprint density at radius 1 is 1.47 bits per heavy atom. The summed E-state index contributed by atoms with van der Waals surface area (Å²) in [6, 6.07) is 0. The Labute approximate surface area is 103 Å². The number of aliphatic hydroxyl groups excluding tert-OH is 1. The molecule has 1 rings (SSSR count). The fourth-order valence-corrected chi connectivity index (χ4v) is 2.17. The number of nitrogens with two attached hydrogens (primary N) is 1. The average molecular weight is 247 g/mol. The van der Waals surface area contributed by atoms with Crippen molar-refractivity contribution in [3.05, 3.63) is 0 Å². The first-order valence-corrected chi connectivity index (χ1v) is 6.18.